The van der Waals surface area contributed by atoms with Crippen LogP contribution in [-0.4, -0.2) is 19.9 Å². The van der Waals surface area contributed by atoms with E-state index in [-0.39, 0.29) is 6.73 Å². The Bertz CT molecular complexity index is 1080. The first-order chi connectivity index (χ1) is 13.1. The zero-order valence-electron chi connectivity index (χ0n) is 13.6. The number of aromatic nitrogens is 4. The molecule has 0 N–H and O–H groups in total. The molecule has 0 aliphatic heterocycles. The molecule has 0 saturated carbocycles. The van der Waals surface area contributed by atoms with Crippen LogP contribution >= 0.6 is 39.1 Å². The van der Waals surface area contributed by atoms with Crippen molar-refractivity contribution in [2.24, 2.45) is 0 Å². The summed E-state index contributed by atoms with van der Waals surface area (Å²) in [6, 6.07) is 14.4. The Labute approximate surface area is 172 Å². The second-order valence-electron chi connectivity index (χ2n) is 5.52. The van der Waals surface area contributed by atoms with E-state index in [0.717, 1.165) is 10.2 Å². The Morgan fingerprint density at radius 3 is 2.67 bits per heavy atom. The summed E-state index contributed by atoms with van der Waals surface area (Å²) in [5.41, 5.74) is 1.17. The van der Waals surface area contributed by atoms with Gasteiger partial charge in [-0.05, 0) is 48.5 Å². The molecule has 0 spiro atoms. The van der Waals surface area contributed by atoms with Crippen molar-refractivity contribution in [3.63, 3.8) is 0 Å². The smallest absolute Gasteiger partial charge is 0.278 e. The van der Waals surface area contributed by atoms with Gasteiger partial charge < -0.3 is 9.26 Å². The summed E-state index contributed by atoms with van der Waals surface area (Å²) < 4.78 is 13.6. The number of rotatable bonds is 5. The molecule has 6 nitrogen and oxygen atoms in total. The minimum atomic E-state index is 0.256. The highest BCUT2D eigenvalue weighted by molar-refractivity contribution is 9.10. The van der Waals surface area contributed by atoms with Crippen molar-refractivity contribution >= 4 is 39.1 Å². The van der Waals surface area contributed by atoms with Crippen molar-refractivity contribution in [3.8, 4) is 28.7 Å². The standard InChI is InChI=1S/C18H11BrCl2N4O2/c19-11-1-4-13(5-2-11)26-10-25-8-7-16(23-25)18-22-17(24-27-18)14-6-3-12(20)9-15(14)21/h1-9H,10H2. The van der Waals surface area contributed by atoms with E-state index in [1.165, 1.54) is 0 Å². The molecule has 0 unspecified atom stereocenters. The van der Waals surface area contributed by atoms with Crippen molar-refractivity contribution in [1.29, 1.82) is 0 Å². The Balaban J connectivity index is 1.48. The average Bonchev–Trinajstić information content (AvgIpc) is 3.30. The predicted octanol–water partition coefficient (Wildman–Crippen LogP) is 5.71. The van der Waals surface area contributed by atoms with E-state index in [1.54, 1.807) is 35.1 Å². The van der Waals surface area contributed by atoms with Crippen LogP contribution in [0.15, 0.2) is 63.7 Å². The molecular formula is C18H11BrCl2N4O2. The lowest BCUT2D eigenvalue weighted by Gasteiger charge is -2.05. The molecule has 4 rings (SSSR count). The number of hydrogen-bond acceptors (Lipinski definition) is 5. The van der Waals surface area contributed by atoms with Gasteiger partial charge in [0.1, 0.15) is 5.75 Å². The largest absolute Gasteiger partial charge is 0.471 e. The minimum absolute atomic E-state index is 0.256. The molecule has 0 radical (unpaired) electrons. The molecule has 9 heteroatoms. The second kappa shape index (κ2) is 7.72. The first-order valence-electron chi connectivity index (χ1n) is 7.80. The third-order valence-corrected chi connectivity index (χ3v) is 4.71. The van der Waals surface area contributed by atoms with E-state index in [1.807, 2.05) is 24.3 Å². The van der Waals surface area contributed by atoms with Crippen LogP contribution in [0, 0.1) is 0 Å². The highest BCUT2D eigenvalue weighted by Crippen LogP contribution is 2.29. The number of ether oxygens (including phenoxy) is 1. The van der Waals surface area contributed by atoms with Gasteiger partial charge in [0.05, 0.1) is 5.02 Å². The van der Waals surface area contributed by atoms with Crippen LogP contribution in [0.1, 0.15) is 0 Å². The molecule has 2 aromatic carbocycles. The Kier molecular flexibility index (Phi) is 5.15. The van der Waals surface area contributed by atoms with Crippen molar-refractivity contribution in [3.05, 3.63) is 69.2 Å². The fraction of sp³-hybridized carbons (Fsp3) is 0.0556. The van der Waals surface area contributed by atoms with Crippen molar-refractivity contribution in [2.45, 2.75) is 6.73 Å². The van der Waals surface area contributed by atoms with Gasteiger partial charge in [-0.25, -0.2) is 4.68 Å². The summed E-state index contributed by atoms with van der Waals surface area (Å²) in [5, 5.41) is 9.34. The first-order valence-corrected chi connectivity index (χ1v) is 9.35. The van der Waals surface area contributed by atoms with Gasteiger partial charge >= 0.3 is 0 Å². The topological polar surface area (TPSA) is 66.0 Å². The lowest BCUT2D eigenvalue weighted by atomic mass is 10.2. The number of nitrogens with zero attached hydrogens (tertiary/aromatic N) is 4. The van der Waals surface area contributed by atoms with Crippen molar-refractivity contribution in [1.82, 2.24) is 19.9 Å². The third-order valence-electron chi connectivity index (χ3n) is 3.63. The van der Waals surface area contributed by atoms with Crippen LogP contribution in [0.4, 0.5) is 0 Å². The summed E-state index contributed by atoms with van der Waals surface area (Å²) in [4.78, 5) is 4.36. The van der Waals surface area contributed by atoms with E-state index in [4.69, 9.17) is 32.5 Å². The van der Waals surface area contributed by atoms with E-state index in [2.05, 4.69) is 31.2 Å². The SMILES string of the molecule is Clc1ccc(-c2noc(-c3ccn(COc4ccc(Br)cc4)n3)n2)c(Cl)c1. The highest BCUT2D eigenvalue weighted by Gasteiger charge is 2.15. The quantitative estimate of drug-likeness (QED) is 0.377. The monoisotopic (exact) mass is 464 g/mol. The second-order valence-corrected chi connectivity index (χ2v) is 7.27. The molecule has 136 valence electrons. The Morgan fingerprint density at radius 1 is 1.07 bits per heavy atom. The van der Waals surface area contributed by atoms with Crippen molar-refractivity contribution in [2.75, 3.05) is 0 Å². The summed E-state index contributed by atoms with van der Waals surface area (Å²) in [7, 11) is 0. The summed E-state index contributed by atoms with van der Waals surface area (Å²) in [6.07, 6.45) is 1.77. The maximum Gasteiger partial charge on any atom is 0.278 e. The predicted molar refractivity (Wildman–Crippen MR) is 106 cm³/mol. The van der Waals surface area contributed by atoms with Gasteiger partial charge in [0.2, 0.25) is 5.82 Å². The zero-order valence-corrected chi connectivity index (χ0v) is 16.7. The molecule has 0 aliphatic rings. The van der Waals surface area contributed by atoms with Crippen LogP contribution in [0.25, 0.3) is 23.0 Å². The Morgan fingerprint density at radius 2 is 1.89 bits per heavy atom. The molecule has 0 aliphatic carbocycles. The molecule has 0 atom stereocenters. The fourth-order valence-corrected chi connectivity index (χ4v) is 3.08. The first kappa shape index (κ1) is 18.0. The average molecular weight is 466 g/mol. The van der Waals surface area contributed by atoms with Crippen molar-refractivity contribution < 1.29 is 9.26 Å². The van der Waals surface area contributed by atoms with Crippen LogP contribution in [0.2, 0.25) is 10.0 Å². The molecular weight excluding hydrogens is 455 g/mol. The van der Waals surface area contributed by atoms with Crippen LogP contribution in [0.5, 0.6) is 5.75 Å². The van der Waals surface area contributed by atoms with E-state index in [0.29, 0.717) is 33.0 Å². The molecule has 0 fully saturated rings. The van der Waals surface area contributed by atoms with E-state index < -0.39 is 0 Å². The normalized spacial score (nSPS) is 10.9. The third kappa shape index (κ3) is 4.16. The molecule has 2 aromatic heterocycles. The van der Waals surface area contributed by atoms with E-state index >= 15 is 0 Å². The molecule has 27 heavy (non-hydrogen) atoms. The fourth-order valence-electron chi connectivity index (χ4n) is 2.33. The molecule has 2 heterocycles. The van der Waals surface area contributed by atoms with Gasteiger partial charge in [-0.1, -0.05) is 44.3 Å². The minimum Gasteiger partial charge on any atom is -0.471 e. The molecule has 0 amide bonds. The maximum absolute atomic E-state index is 6.19. The molecule has 0 bridgehead atoms. The number of benzene rings is 2. The zero-order chi connectivity index (χ0) is 18.8. The van der Waals surface area contributed by atoms with E-state index in [9.17, 15) is 0 Å². The molecule has 0 saturated heterocycles. The van der Waals surface area contributed by atoms with Gasteiger partial charge in [0, 0.05) is 21.3 Å². The number of halogens is 3. The van der Waals surface area contributed by atoms with Gasteiger partial charge in [0.25, 0.3) is 5.89 Å². The Hall–Kier alpha value is -2.35. The van der Waals surface area contributed by atoms with Crippen LogP contribution < -0.4 is 4.74 Å². The summed E-state index contributed by atoms with van der Waals surface area (Å²) in [5.74, 6) is 1.40. The summed E-state index contributed by atoms with van der Waals surface area (Å²) >= 11 is 15.5. The van der Waals surface area contributed by atoms with Crippen LogP contribution in [0.3, 0.4) is 0 Å². The lowest BCUT2D eigenvalue weighted by Crippen LogP contribution is -2.05. The lowest BCUT2D eigenvalue weighted by molar-refractivity contribution is 0.221. The summed E-state index contributed by atoms with van der Waals surface area (Å²) in [6.45, 7) is 0.256. The van der Waals surface area contributed by atoms with Gasteiger partial charge in [-0.2, -0.15) is 10.1 Å². The van der Waals surface area contributed by atoms with Gasteiger partial charge in [-0.3, -0.25) is 0 Å². The van der Waals surface area contributed by atoms with Gasteiger partial charge in [0.15, 0.2) is 12.4 Å². The van der Waals surface area contributed by atoms with Gasteiger partial charge in [-0.15, -0.1) is 0 Å². The number of hydrogen-bond donors (Lipinski definition) is 0. The van der Waals surface area contributed by atoms with Crippen LogP contribution in [-0.2, 0) is 6.73 Å². The molecule has 4 aromatic rings. The highest BCUT2D eigenvalue weighted by atomic mass is 79.9. The maximum atomic E-state index is 6.19.